The molecule has 3 aliphatic rings. The fourth-order valence-electron chi connectivity index (χ4n) is 13.9. The Morgan fingerprint density at radius 1 is 0.337 bits per heavy atom. The number of hydrogen-bond donors (Lipinski definition) is 2. The van der Waals surface area contributed by atoms with Gasteiger partial charge in [0, 0.05) is 107 Å². The van der Waals surface area contributed by atoms with Gasteiger partial charge >= 0.3 is 0 Å². The zero-order chi connectivity index (χ0) is 64.5. The van der Waals surface area contributed by atoms with Crippen LogP contribution in [0.1, 0.15) is 267 Å². The first-order valence-corrected chi connectivity index (χ1v) is 39.6. The van der Waals surface area contributed by atoms with Gasteiger partial charge in [-0.15, -0.1) is 0 Å². The average Bonchev–Trinajstić information content (AvgIpc) is 1.51. The van der Waals surface area contributed by atoms with E-state index >= 15 is 0 Å². The number of nitrogens with zero attached hydrogens (tertiary/aromatic N) is 6. The van der Waals surface area contributed by atoms with Gasteiger partial charge in [-0.2, -0.15) is 0 Å². The highest BCUT2D eigenvalue weighted by molar-refractivity contribution is 9.13. The molecule has 2 N–H and O–H groups in total. The van der Waals surface area contributed by atoms with Crippen LogP contribution in [0.5, 0.6) is 0 Å². The lowest BCUT2D eigenvalue weighted by atomic mass is 9.87. The molecule has 8 bridgehead atoms. The molecule has 9 heterocycles. The van der Waals surface area contributed by atoms with Crippen molar-refractivity contribution in [1.29, 1.82) is 0 Å². The molecule has 0 saturated heterocycles. The number of aliphatic imine (C=N–C) groups is 2. The first-order chi connectivity index (χ1) is 45.0. The number of allylic oxidation sites excluding steroid dienone is 2. The molecule has 0 amide bonds. The lowest BCUT2D eigenvalue weighted by Gasteiger charge is -2.40. The number of aromatic nitrogens is 6. The second-order valence-electron chi connectivity index (χ2n) is 26.8. The molecule has 0 aliphatic carbocycles. The summed E-state index contributed by atoms with van der Waals surface area (Å²) in [6, 6.07) is 27.4. The molecule has 4 unspecified atom stereocenters. The Morgan fingerprint density at radius 3 is 1.09 bits per heavy atom. The van der Waals surface area contributed by atoms with E-state index < -0.39 is 17.5 Å². The summed E-state index contributed by atoms with van der Waals surface area (Å²) in [5, 5.41) is 2.01. The van der Waals surface area contributed by atoms with Gasteiger partial charge in [0.25, 0.3) is 0 Å². The number of alkyl halides is 4. The summed E-state index contributed by atoms with van der Waals surface area (Å²) in [5.41, 5.74) is 10.2. The van der Waals surface area contributed by atoms with E-state index in [2.05, 4.69) is 266 Å². The molecule has 0 spiro atoms. The summed E-state index contributed by atoms with van der Waals surface area (Å²) in [6.07, 6.45) is 68.7. The second-order valence-corrected chi connectivity index (χ2v) is 31.6. The molecule has 6 aromatic rings. The van der Waals surface area contributed by atoms with Gasteiger partial charge in [0.15, 0.2) is 58.5 Å². The van der Waals surface area contributed by atoms with Crippen molar-refractivity contribution in [3.63, 3.8) is 0 Å². The fourth-order valence-corrected chi connectivity index (χ4v) is 16.9. The second kappa shape index (κ2) is 36.7. The van der Waals surface area contributed by atoms with Crippen molar-refractivity contribution in [2.45, 2.75) is 277 Å². The zero-order valence-electron chi connectivity index (χ0n) is 56.5. The molecular weight excluding hydrogens is 1390 g/mol. The van der Waals surface area contributed by atoms with Crippen molar-refractivity contribution in [2.24, 2.45) is 9.98 Å². The molecule has 0 saturated carbocycles. The number of H-pyrrole nitrogens is 2. The van der Waals surface area contributed by atoms with Crippen LogP contribution in [-0.2, 0) is 34.8 Å². The van der Waals surface area contributed by atoms with Crippen molar-refractivity contribution in [3.8, 4) is 0 Å². The third-order valence-electron chi connectivity index (χ3n) is 19.6. The largest absolute Gasteiger partial charge is 0.357 e. The Hall–Kier alpha value is -4.36. The number of aryl methyl sites for hydroxylation is 4. The standard InChI is InChI=1S/C80H109Br4N8/c1-5-9-13-17-21-25-29-33-53-89-57-43-65(44-58-89)75-69-37-38-70(85-69)76(66-45-59-90(60-46-66)54-34-30-26-22-18-14-10-6-2)72-41-51-77(81,87-72)80(84,68-49-63-92(64-50-68)56-36-32-28-24-20-16-12-8-4)74-42-52-78(82,88-74)79(83,73-40-39-71(75)86-73)67-47-61-91(62-48-67)55-35-31-27-23-19-15-11-7-3/h37-52,57-64H,5-36,53-56H2,1-4H3,(H,85,86)/q+3/p+1. The third kappa shape index (κ3) is 18.6. The minimum absolute atomic E-state index is 0.840. The molecule has 494 valence electrons. The monoisotopic (exact) mass is 1500 g/mol. The number of nitrogens with one attached hydrogen (secondary N) is 2. The quantitative estimate of drug-likeness (QED) is 0.0167. The maximum absolute atomic E-state index is 5.97. The fraction of sp³-hybridized carbons (Fsp3) is 0.550. The summed E-state index contributed by atoms with van der Waals surface area (Å²) in [6.45, 7) is 13.2. The van der Waals surface area contributed by atoms with Crippen LogP contribution in [-0.4, -0.2) is 30.3 Å². The van der Waals surface area contributed by atoms with Crippen LogP contribution in [0.15, 0.2) is 157 Å². The normalized spacial score (nSPS) is 20.2. The molecule has 0 radical (unpaired) electrons. The lowest BCUT2D eigenvalue weighted by molar-refractivity contribution is -0.697. The van der Waals surface area contributed by atoms with Crippen molar-refractivity contribution in [1.82, 2.24) is 9.97 Å². The van der Waals surface area contributed by atoms with Gasteiger partial charge in [-0.3, -0.25) is 9.98 Å². The maximum atomic E-state index is 5.97. The first kappa shape index (κ1) is 71.9. The van der Waals surface area contributed by atoms with Crippen LogP contribution >= 0.6 is 63.7 Å². The third-order valence-corrected chi connectivity index (χ3v) is 25.7. The van der Waals surface area contributed by atoms with E-state index in [0.29, 0.717) is 0 Å². The maximum Gasteiger partial charge on any atom is 0.169 e. The van der Waals surface area contributed by atoms with Crippen LogP contribution in [0, 0.1) is 0 Å². The van der Waals surface area contributed by atoms with E-state index in [4.69, 9.17) is 9.98 Å². The van der Waals surface area contributed by atoms with Crippen molar-refractivity contribution in [3.05, 3.63) is 191 Å². The van der Waals surface area contributed by atoms with Crippen LogP contribution in [0.25, 0.3) is 11.1 Å². The van der Waals surface area contributed by atoms with Crippen molar-refractivity contribution >= 4 is 86.3 Å². The summed E-state index contributed by atoms with van der Waals surface area (Å²) < 4.78 is 5.48. The Balaban J connectivity index is 1.14. The van der Waals surface area contributed by atoms with E-state index in [9.17, 15) is 0 Å². The molecule has 6 aromatic heterocycles. The average molecular weight is 1500 g/mol. The molecule has 4 atom stereocenters. The van der Waals surface area contributed by atoms with Crippen LogP contribution in [0.4, 0.5) is 0 Å². The van der Waals surface area contributed by atoms with E-state index in [-0.39, 0.29) is 0 Å². The Labute approximate surface area is 587 Å². The number of fused-ring (bicyclic) bond motifs is 6. The van der Waals surface area contributed by atoms with Gasteiger partial charge in [-0.1, -0.05) is 246 Å². The Bertz CT molecular complexity index is 3450. The van der Waals surface area contributed by atoms with Crippen LogP contribution in [0.3, 0.4) is 0 Å². The zero-order valence-corrected chi connectivity index (χ0v) is 62.9. The van der Waals surface area contributed by atoms with Gasteiger partial charge in [0.2, 0.25) is 0 Å². The lowest BCUT2D eigenvalue weighted by Crippen LogP contribution is -2.47. The van der Waals surface area contributed by atoms with Crippen molar-refractivity contribution < 1.29 is 18.3 Å². The molecule has 8 nitrogen and oxygen atoms in total. The number of aromatic amines is 2. The molecule has 0 fully saturated rings. The molecular formula is C80H110Br4N8+4. The summed E-state index contributed by atoms with van der Waals surface area (Å²) in [5.74, 6) is 0. The number of pyridine rings is 4. The first-order valence-electron chi connectivity index (χ1n) is 36.4. The summed E-state index contributed by atoms with van der Waals surface area (Å²) in [4.78, 5) is 20.0. The van der Waals surface area contributed by atoms with Crippen LogP contribution in [0.2, 0.25) is 0 Å². The highest BCUT2D eigenvalue weighted by Gasteiger charge is 2.59. The van der Waals surface area contributed by atoms with Gasteiger partial charge in [0.05, 0.1) is 11.4 Å². The van der Waals surface area contributed by atoms with Gasteiger partial charge in [-0.25, -0.2) is 18.3 Å². The number of halogens is 4. The minimum atomic E-state index is -1.02. The molecule has 9 rings (SSSR count). The van der Waals surface area contributed by atoms with Crippen LogP contribution < -0.4 is 29.0 Å². The Kier molecular flexibility index (Phi) is 28.7. The van der Waals surface area contributed by atoms with Gasteiger partial charge in [0.1, 0.15) is 34.8 Å². The van der Waals surface area contributed by atoms with Gasteiger partial charge in [-0.05, 0) is 96.5 Å². The number of rotatable bonds is 40. The van der Waals surface area contributed by atoms with E-state index in [1.165, 1.54) is 193 Å². The predicted molar refractivity (Wildman–Crippen MR) is 399 cm³/mol. The SMILES string of the molecule is CCCCCCCCCC[n+]1ccc(C2=c3ccc([nH]3)=C(c3cc[n+](CCCCCCCCCC)cc3)c3ccc([nH]3)C(Br)(c3cc[n+](CCCCCCCCCC)cc3)C3(Br)C=CC(=N3)C(Br)(c3cc[n+](CCCCCCCCCC)cc3)C3(Br)C=CC2=N3)cc1. The molecule has 0 aromatic carbocycles. The topological polar surface area (TPSA) is 71.8 Å². The summed E-state index contributed by atoms with van der Waals surface area (Å²) in [7, 11) is 0. The Morgan fingerprint density at radius 2 is 0.674 bits per heavy atom. The highest BCUT2D eigenvalue weighted by atomic mass is 79.9. The van der Waals surface area contributed by atoms with E-state index in [1.807, 2.05) is 0 Å². The van der Waals surface area contributed by atoms with Gasteiger partial charge < -0.3 is 9.97 Å². The molecule has 3 aliphatic heterocycles. The minimum Gasteiger partial charge on any atom is -0.357 e. The molecule has 92 heavy (non-hydrogen) atoms. The molecule has 12 heteroatoms. The van der Waals surface area contributed by atoms with E-state index in [0.717, 1.165) is 106 Å². The number of hydrogen-bond acceptors (Lipinski definition) is 2. The van der Waals surface area contributed by atoms with Crippen molar-refractivity contribution in [2.75, 3.05) is 0 Å². The highest BCUT2D eigenvalue weighted by Crippen LogP contribution is 2.59. The predicted octanol–water partition coefficient (Wildman–Crippen LogP) is 19.6. The van der Waals surface area contributed by atoms with E-state index in [1.54, 1.807) is 0 Å². The summed E-state index contributed by atoms with van der Waals surface area (Å²) >= 11 is 18.1. The smallest absolute Gasteiger partial charge is 0.169 e. The number of unbranched alkanes of at least 4 members (excludes halogenated alkanes) is 28.